The number of hydrogen-bond acceptors (Lipinski definition) is 2. The van der Waals surface area contributed by atoms with Gasteiger partial charge in [-0.3, -0.25) is 10.1 Å². The topological polar surface area (TPSA) is 43.1 Å². The van der Waals surface area contributed by atoms with Crippen molar-refractivity contribution in [3.05, 3.63) is 63.7 Å². The highest BCUT2D eigenvalue weighted by Crippen LogP contribution is 2.42. The first-order valence-electron chi connectivity index (χ1n) is 6.04. The van der Waals surface area contributed by atoms with Crippen molar-refractivity contribution >= 4 is 5.69 Å². The average molecular weight is 335 g/mol. The van der Waals surface area contributed by atoms with Crippen LogP contribution in [0.15, 0.2) is 42.5 Å². The van der Waals surface area contributed by atoms with Gasteiger partial charge in [0.05, 0.1) is 16.1 Å². The molecule has 0 aliphatic carbocycles. The first-order valence-corrected chi connectivity index (χ1v) is 6.04. The summed E-state index contributed by atoms with van der Waals surface area (Å²) in [4.78, 5) is 9.82. The lowest BCUT2D eigenvalue weighted by Gasteiger charge is -2.11. The van der Waals surface area contributed by atoms with Crippen LogP contribution in [0.2, 0.25) is 0 Å². The Kier molecular flexibility index (Phi) is 4.06. The quantitative estimate of drug-likeness (QED) is 0.425. The Morgan fingerprint density at radius 3 is 1.83 bits per heavy atom. The Hall–Kier alpha value is -2.58. The van der Waals surface area contributed by atoms with Crippen molar-refractivity contribution in [1.29, 1.82) is 0 Å². The van der Waals surface area contributed by atoms with Crippen molar-refractivity contribution in [3.8, 4) is 11.1 Å². The molecule has 3 nitrogen and oxygen atoms in total. The number of benzene rings is 2. The highest BCUT2D eigenvalue weighted by molar-refractivity contribution is 5.76. The van der Waals surface area contributed by atoms with E-state index in [1.807, 2.05) is 0 Å². The van der Waals surface area contributed by atoms with E-state index in [9.17, 15) is 36.5 Å². The monoisotopic (exact) mass is 335 g/mol. The number of rotatable bonds is 2. The number of halogens is 6. The molecule has 0 aromatic heterocycles. The van der Waals surface area contributed by atoms with Crippen LogP contribution in [0, 0.1) is 10.1 Å². The lowest BCUT2D eigenvalue weighted by Crippen LogP contribution is -2.10. The molecule has 2 rings (SSSR count). The molecule has 9 heteroatoms. The van der Waals surface area contributed by atoms with Crippen LogP contribution in [0.25, 0.3) is 11.1 Å². The second kappa shape index (κ2) is 5.56. The van der Waals surface area contributed by atoms with Crippen molar-refractivity contribution < 1.29 is 31.3 Å². The molecule has 122 valence electrons. The standard InChI is InChI=1S/C14H7F6NO2/c15-13(16,17)9-6-4-8(5-7-9)10-2-1-3-11(14(18,19)20)12(10)21(22)23/h1-7H. The zero-order chi connectivity index (χ0) is 17.4. The van der Waals surface area contributed by atoms with Crippen molar-refractivity contribution in [1.82, 2.24) is 0 Å². The minimum atomic E-state index is -4.95. The molecular formula is C14H7F6NO2. The number of para-hydroxylation sites is 1. The van der Waals surface area contributed by atoms with E-state index < -0.39 is 39.7 Å². The van der Waals surface area contributed by atoms with Gasteiger partial charge in [-0.2, -0.15) is 26.3 Å². The van der Waals surface area contributed by atoms with Gasteiger partial charge >= 0.3 is 12.4 Å². The molecule has 0 fully saturated rings. The molecule has 23 heavy (non-hydrogen) atoms. The largest absolute Gasteiger partial charge is 0.423 e. The molecule has 0 saturated carbocycles. The highest BCUT2D eigenvalue weighted by Gasteiger charge is 2.40. The van der Waals surface area contributed by atoms with E-state index >= 15 is 0 Å². The Morgan fingerprint density at radius 2 is 1.39 bits per heavy atom. The molecule has 0 heterocycles. The maximum absolute atomic E-state index is 12.9. The van der Waals surface area contributed by atoms with E-state index in [0.29, 0.717) is 18.2 Å². The van der Waals surface area contributed by atoms with E-state index in [2.05, 4.69) is 0 Å². The Bertz CT molecular complexity index is 734. The molecule has 0 saturated heterocycles. The van der Waals surface area contributed by atoms with Crippen molar-refractivity contribution in [2.24, 2.45) is 0 Å². The van der Waals surface area contributed by atoms with E-state index in [-0.39, 0.29) is 5.56 Å². The summed E-state index contributed by atoms with van der Waals surface area (Å²) < 4.78 is 76.1. The van der Waals surface area contributed by atoms with Gasteiger partial charge in [0, 0.05) is 0 Å². The summed E-state index contributed by atoms with van der Waals surface area (Å²) in [5, 5.41) is 11.0. The van der Waals surface area contributed by atoms with Crippen LogP contribution >= 0.6 is 0 Å². The normalized spacial score (nSPS) is 12.3. The zero-order valence-corrected chi connectivity index (χ0v) is 11.1. The Labute approximate surface area is 125 Å². The summed E-state index contributed by atoms with van der Waals surface area (Å²) in [5.74, 6) is 0. The molecule has 2 aromatic rings. The molecule has 0 aliphatic rings. The predicted octanol–water partition coefficient (Wildman–Crippen LogP) is 5.30. The third-order valence-corrected chi connectivity index (χ3v) is 3.05. The minimum absolute atomic E-state index is 0.115. The summed E-state index contributed by atoms with van der Waals surface area (Å²) in [7, 11) is 0. The van der Waals surface area contributed by atoms with Crippen molar-refractivity contribution in [2.45, 2.75) is 12.4 Å². The zero-order valence-electron chi connectivity index (χ0n) is 11.1. The summed E-state index contributed by atoms with van der Waals surface area (Å²) in [6.45, 7) is 0. The highest BCUT2D eigenvalue weighted by atomic mass is 19.4. The number of hydrogen-bond donors (Lipinski definition) is 0. The number of nitrogens with zero attached hydrogens (tertiary/aromatic N) is 1. The predicted molar refractivity (Wildman–Crippen MR) is 68.5 cm³/mol. The van der Waals surface area contributed by atoms with Crippen LogP contribution in [0.3, 0.4) is 0 Å². The second-order valence-corrected chi connectivity index (χ2v) is 4.53. The first-order chi connectivity index (χ1) is 10.5. The summed E-state index contributed by atoms with van der Waals surface area (Å²) in [6.07, 6.45) is -9.57. The second-order valence-electron chi connectivity index (χ2n) is 4.53. The minimum Gasteiger partial charge on any atom is -0.258 e. The summed E-state index contributed by atoms with van der Waals surface area (Å²) in [5.41, 5.74) is -4.18. The molecule has 0 aliphatic heterocycles. The van der Waals surface area contributed by atoms with E-state index in [1.165, 1.54) is 0 Å². The first kappa shape index (κ1) is 16.8. The number of nitro benzene ring substituents is 1. The number of alkyl halides is 6. The SMILES string of the molecule is O=[N+]([O-])c1c(-c2ccc(C(F)(F)F)cc2)cccc1C(F)(F)F. The maximum atomic E-state index is 12.9. The molecule has 0 radical (unpaired) electrons. The average Bonchev–Trinajstić information content (AvgIpc) is 2.44. The summed E-state index contributed by atoms with van der Waals surface area (Å²) >= 11 is 0. The Balaban J connectivity index is 2.62. The van der Waals surface area contributed by atoms with Gasteiger partial charge < -0.3 is 0 Å². The van der Waals surface area contributed by atoms with E-state index in [0.717, 1.165) is 24.3 Å². The molecule has 2 aromatic carbocycles. The van der Waals surface area contributed by atoms with Crippen LogP contribution in [-0.2, 0) is 12.4 Å². The molecule has 0 unspecified atom stereocenters. The van der Waals surface area contributed by atoms with Crippen LogP contribution < -0.4 is 0 Å². The third kappa shape index (κ3) is 3.43. The smallest absolute Gasteiger partial charge is 0.258 e. The van der Waals surface area contributed by atoms with Crippen LogP contribution in [0.1, 0.15) is 11.1 Å². The van der Waals surface area contributed by atoms with Crippen LogP contribution in [0.4, 0.5) is 32.0 Å². The molecule has 0 bridgehead atoms. The van der Waals surface area contributed by atoms with Gasteiger partial charge in [-0.25, -0.2) is 0 Å². The van der Waals surface area contributed by atoms with Gasteiger partial charge in [-0.1, -0.05) is 18.2 Å². The van der Waals surface area contributed by atoms with Crippen molar-refractivity contribution in [3.63, 3.8) is 0 Å². The Morgan fingerprint density at radius 1 is 0.826 bits per heavy atom. The van der Waals surface area contributed by atoms with Gasteiger partial charge in [0.25, 0.3) is 5.69 Å². The van der Waals surface area contributed by atoms with E-state index in [4.69, 9.17) is 0 Å². The van der Waals surface area contributed by atoms with Crippen LogP contribution in [-0.4, -0.2) is 4.92 Å². The fraction of sp³-hybridized carbons (Fsp3) is 0.143. The third-order valence-electron chi connectivity index (χ3n) is 3.05. The fourth-order valence-corrected chi connectivity index (χ4v) is 2.04. The van der Waals surface area contributed by atoms with Gasteiger partial charge in [0.15, 0.2) is 0 Å². The van der Waals surface area contributed by atoms with Gasteiger partial charge in [-0.05, 0) is 29.8 Å². The number of nitro groups is 1. The molecule has 0 amide bonds. The maximum Gasteiger partial charge on any atom is 0.423 e. The van der Waals surface area contributed by atoms with Gasteiger partial charge in [0.1, 0.15) is 5.56 Å². The lowest BCUT2D eigenvalue weighted by atomic mass is 9.99. The fourth-order valence-electron chi connectivity index (χ4n) is 2.04. The van der Waals surface area contributed by atoms with Gasteiger partial charge in [0.2, 0.25) is 0 Å². The molecule has 0 atom stereocenters. The molecule has 0 N–H and O–H groups in total. The summed E-state index contributed by atoms with van der Waals surface area (Å²) in [6, 6.07) is 5.65. The van der Waals surface area contributed by atoms with Crippen molar-refractivity contribution in [2.75, 3.05) is 0 Å². The van der Waals surface area contributed by atoms with E-state index in [1.54, 1.807) is 0 Å². The molecule has 0 spiro atoms. The van der Waals surface area contributed by atoms with Crippen LogP contribution in [0.5, 0.6) is 0 Å². The lowest BCUT2D eigenvalue weighted by molar-refractivity contribution is -0.387. The van der Waals surface area contributed by atoms with Gasteiger partial charge in [-0.15, -0.1) is 0 Å². The molecular weight excluding hydrogens is 328 g/mol.